The number of ether oxygens (including phenoxy) is 1. The Morgan fingerprint density at radius 2 is 2.04 bits per heavy atom. The number of amides is 1. The number of hydrogen-bond donors (Lipinski definition) is 1. The third-order valence-electron chi connectivity index (χ3n) is 3.43. The average Bonchev–Trinajstić information content (AvgIpc) is 3.09. The number of nitrogens with one attached hydrogen (secondary N) is 1. The van der Waals surface area contributed by atoms with Crippen LogP contribution >= 0.6 is 11.6 Å². The van der Waals surface area contributed by atoms with E-state index in [4.69, 9.17) is 16.3 Å². The highest BCUT2D eigenvalue weighted by Gasteiger charge is 2.13. The summed E-state index contributed by atoms with van der Waals surface area (Å²) in [7, 11) is 1.50. The Morgan fingerprint density at radius 1 is 1.25 bits per heavy atom. The molecule has 2 aromatic carbocycles. The average molecular weight is 343 g/mol. The van der Waals surface area contributed by atoms with Crippen LogP contribution in [0.15, 0.2) is 55.1 Å². The van der Waals surface area contributed by atoms with E-state index >= 15 is 0 Å². The summed E-state index contributed by atoms with van der Waals surface area (Å²) < 4.78 is 6.93. The predicted octanol–water partition coefficient (Wildman–Crippen LogP) is 3.24. The van der Waals surface area contributed by atoms with E-state index in [2.05, 4.69) is 15.4 Å². The van der Waals surface area contributed by atoms with Crippen LogP contribution in [0.5, 0.6) is 5.75 Å². The number of methoxy groups -OCH3 is 1. The first kappa shape index (κ1) is 16.0. The lowest BCUT2D eigenvalue weighted by Gasteiger charge is -2.10. The number of nitrogens with zero attached hydrogens (tertiary/aromatic N) is 3. The van der Waals surface area contributed by atoms with E-state index < -0.39 is 0 Å². The fraction of sp³-hybridized carbons (Fsp3) is 0.118. The molecule has 0 bridgehead atoms. The van der Waals surface area contributed by atoms with Gasteiger partial charge in [-0.25, -0.2) is 9.67 Å². The maximum atomic E-state index is 12.4. The van der Waals surface area contributed by atoms with Gasteiger partial charge in [0, 0.05) is 10.7 Å². The first-order chi connectivity index (χ1) is 11.7. The van der Waals surface area contributed by atoms with Gasteiger partial charge in [0.1, 0.15) is 18.4 Å². The molecule has 0 aliphatic rings. The minimum absolute atomic E-state index is 0.257. The van der Waals surface area contributed by atoms with E-state index in [-0.39, 0.29) is 5.91 Å². The summed E-state index contributed by atoms with van der Waals surface area (Å²) in [6, 6.07) is 12.4. The monoisotopic (exact) mass is 342 g/mol. The Labute approximate surface area is 144 Å². The molecule has 0 atom stereocenters. The maximum Gasteiger partial charge on any atom is 0.259 e. The Hall–Kier alpha value is -2.86. The number of benzene rings is 2. The summed E-state index contributed by atoms with van der Waals surface area (Å²) in [6.07, 6.45) is 3.15. The second-order valence-electron chi connectivity index (χ2n) is 5.09. The van der Waals surface area contributed by atoms with E-state index in [1.54, 1.807) is 29.2 Å². The lowest BCUT2D eigenvalue weighted by Crippen LogP contribution is -2.13. The minimum Gasteiger partial charge on any atom is -0.496 e. The largest absolute Gasteiger partial charge is 0.496 e. The second-order valence-corrected chi connectivity index (χ2v) is 5.53. The first-order valence-electron chi connectivity index (χ1n) is 7.22. The summed E-state index contributed by atoms with van der Waals surface area (Å²) in [5.41, 5.74) is 2.18. The van der Waals surface area contributed by atoms with Crippen molar-refractivity contribution in [3.63, 3.8) is 0 Å². The van der Waals surface area contributed by atoms with E-state index in [0.29, 0.717) is 28.6 Å². The molecule has 24 heavy (non-hydrogen) atoms. The molecule has 6 nitrogen and oxygen atoms in total. The third kappa shape index (κ3) is 3.72. The van der Waals surface area contributed by atoms with Crippen molar-refractivity contribution in [2.24, 2.45) is 0 Å². The van der Waals surface area contributed by atoms with Crippen LogP contribution in [0.4, 0.5) is 5.69 Å². The molecule has 1 aromatic heterocycles. The number of rotatable bonds is 5. The quantitative estimate of drug-likeness (QED) is 0.772. The van der Waals surface area contributed by atoms with Gasteiger partial charge >= 0.3 is 0 Å². The Bertz CT molecular complexity index is 832. The number of aromatic nitrogens is 3. The Kier molecular flexibility index (Phi) is 4.77. The van der Waals surface area contributed by atoms with Crippen LogP contribution in [0.2, 0.25) is 5.02 Å². The van der Waals surface area contributed by atoms with Crippen molar-refractivity contribution in [2.75, 3.05) is 12.4 Å². The van der Waals surface area contributed by atoms with Gasteiger partial charge in [-0.2, -0.15) is 5.10 Å². The van der Waals surface area contributed by atoms with Crippen LogP contribution in [0.3, 0.4) is 0 Å². The fourth-order valence-corrected chi connectivity index (χ4v) is 2.41. The van der Waals surface area contributed by atoms with Gasteiger partial charge < -0.3 is 10.1 Å². The summed E-state index contributed by atoms with van der Waals surface area (Å²) in [5.74, 6) is 0.176. The number of halogens is 1. The molecule has 7 heteroatoms. The first-order valence-corrected chi connectivity index (χ1v) is 7.60. The van der Waals surface area contributed by atoms with Crippen molar-refractivity contribution < 1.29 is 9.53 Å². The molecule has 0 unspecified atom stereocenters. The van der Waals surface area contributed by atoms with Gasteiger partial charge in [-0.1, -0.05) is 23.7 Å². The molecule has 1 amide bonds. The molecule has 3 aromatic rings. The fourth-order valence-electron chi connectivity index (χ4n) is 2.25. The van der Waals surface area contributed by atoms with Gasteiger partial charge in [-0.05, 0) is 35.9 Å². The van der Waals surface area contributed by atoms with Gasteiger partial charge in [0.05, 0.1) is 19.2 Å². The van der Waals surface area contributed by atoms with Crippen molar-refractivity contribution in [1.82, 2.24) is 14.8 Å². The van der Waals surface area contributed by atoms with E-state index in [0.717, 1.165) is 5.56 Å². The van der Waals surface area contributed by atoms with E-state index in [1.165, 1.54) is 13.4 Å². The highest BCUT2D eigenvalue weighted by atomic mass is 35.5. The van der Waals surface area contributed by atoms with Crippen LogP contribution in [-0.2, 0) is 6.54 Å². The standard InChI is InChI=1S/C17H15ClN4O2/c1-24-16-8-13(18)4-7-15(16)17(23)21-14-5-2-12(3-6-14)9-22-11-19-10-20-22/h2-8,10-11H,9H2,1H3,(H,21,23). The molecule has 122 valence electrons. The summed E-state index contributed by atoms with van der Waals surface area (Å²) in [4.78, 5) is 16.3. The van der Waals surface area contributed by atoms with Crippen LogP contribution in [0.25, 0.3) is 0 Å². The van der Waals surface area contributed by atoms with Gasteiger partial charge in [-0.15, -0.1) is 0 Å². The molecule has 0 saturated heterocycles. The van der Waals surface area contributed by atoms with E-state index in [9.17, 15) is 4.79 Å². The highest BCUT2D eigenvalue weighted by molar-refractivity contribution is 6.31. The lowest BCUT2D eigenvalue weighted by atomic mass is 10.1. The molecular formula is C17H15ClN4O2. The van der Waals surface area contributed by atoms with Crippen LogP contribution < -0.4 is 10.1 Å². The summed E-state index contributed by atoms with van der Waals surface area (Å²) in [5, 5.41) is 7.42. The zero-order chi connectivity index (χ0) is 16.9. The number of anilines is 1. The third-order valence-corrected chi connectivity index (χ3v) is 3.67. The predicted molar refractivity (Wildman–Crippen MR) is 91.5 cm³/mol. The molecule has 0 radical (unpaired) electrons. The molecule has 0 aliphatic heterocycles. The van der Waals surface area contributed by atoms with Gasteiger partial charge in [0.2, 0.25) is 0 Å². The van der Waals surface area contributed by atoms with Crippen LogP contribution in [0, 0.1) is 0 Å². The van der Waals surface area contributed by atoms with Gasteiger partial charge in [0.15, 0.2) is 0 Å². The number of carbonyl (C=O) groups excluding carboxylic acids is 1. The van der Waals surface area contributed by atoms with Crippen LogP contribution in [0.1, 0.15) is 15.9 Å². The SMILES string of the molecule is COc1cc(Cl)ccc1C(=O)Nc1ccc(Cn2cncn2)cc1. The normalized spacial score (nSPS) is 10.4. The number of carbonyl (C=O) groups is 1. The van der Waals surface area contributed by atoms with Gasteiger partial charge in [0.25, 0.3) is 5.91 Å². The van der Waals surface area contributed by atoms with Crippen molar-refractivity contribution in [3.05, 3.63) is 71.3 Å². The lowest BCUT2D eigenvalue weighted by molar-refractivity contribution is 0.102. The molecular weight excluding hydrogens is 328 g/mol. The smallest absolute Gasteiger partial charge is 0.259 e. The molecule has 0 aliphatic carbocycles. The molecule has 3 rings (SSSR count). The second kappa shape index (κ2) is 7.14. The zero-order valence-electron chi connectivity index (χ0n) is 12.9. The molecule has 0 spiro atoms. The number of hydrogen-bond acceptors (Lipinski definition) is 4. The van der Waals surface area contributed by atoms with Gasteiger partial charge in [-0.3, -0.25) is 4.79 Å². The highest BCUT2D eigenvalue weighted by Crippen LogP contribution is 2.24. The van der Waals surface area contributed by atoms with Crippen molar-refractivity contribution in [1.29, 1.82) is 0 Å². The van der Waals surface area contributed by atoms with Crippen LogP contribution in [-0.4, -0.2) is 27.8 Å². The van der Waals surface area contributed by atoms with Crippen molar-refractivity contribution >= 4 is 23.2 Å². The van der Waals surface area contributed by atoms with Crippen molar-refractivity contribution in [3.8, 4) is 5.75 Å². The van der Waals surface area contributed by atoms with Crippen molar-refractivity contribution in [2.45, 2.75) is 6.54 Å². The Morgan fingerprint density at radius 3 is 2.71 bits per heavy atom. The molecule has 1 heterocycles. The Balaban J connectivity index is 1.70. The summed E-state index contributed by atoms with van der Waals surface area (Å²) in [6.45, 7) is 0.624. The van der Waals surface area contributed by atoms with E-state index in [1.807, 2.05) is 24.3 Å². The molecule has 1 N–H and O–H groups in total. The summed E-state index contributed by atoms with van der Waals surface area (Å²) >= 11 is 5.91. The molecule has 0 saturated carbocycles. The minimum atomic E-state index is -0.257. The molecule has 0 fully saturated rings. The maximum absolute atomic E-state index is 12.4. The topological polar surface area (TPSA) is 69.0 Å². The zero-order valence-corrected chi connectivity index (χ0v) is 13.7.